The average Bonchev–Trinajstić information content (AvgIpc) is 2.41. The average molecular weight is 297 g/mol. The minimum atomic E-state index is -2.19. The first-order valence-electron chi connectivity index (χ1n) is 6.23. The van der Waals surface area contributed by atoms with Gasteiger partial charge in [0.25, 0.3) is 0 Å². The van der Waals surface area contributed by atoms with E-state index in [9.17, 15) is 22.0 Å². The predicted molar refractivity (Wildman–Crippen MR) is 64.1 cm³/mol. The summed E-state index contributed by atoms with van der Waals surface area (Å²) in [6.45, 7) is 4.48. The Kier molecular flexibility index (Phi) is 6.19. The zero-order chi connectivity index (χ0) is 15.3. The third kappa shape index (κ3) is 4.06. The molecule has 0 aromatic heterocycles. The molecule has 0 aliphatic heterocycles. The van der Waals surface area contributed by atoms with Gasteiger partial charge in [0, 0.05) is 6.04 Å². The van der Waals surface area contributed by atoms with Crippen LogP contribution in [-0.2, 0) is 0 Å². The summed E-state index contributed by atoms with van der Waals surface area (Å²) < 4.78 is 69.6. The lowest BCUT2D eigenvalue weighted by molar-refractivity contribution is 0.256. The van der Waals surface area contributed by atoms with Crippen molar-refractivity contribution in [2.24, 2.45) is 0 Å². The van der Waals surface area contributed by atoms with Crippen molar-refractivity contribution in [3.05, 3.63) is 29.1 Å². The van der Waals surface area contributed by atoms with Crippen molar-refractivity contribution in [1.29, 1.82) is 0 Å². The Bertz CT molecular complexity index is 436. The second-order valence-corrected chi connectivity index (χ2v) is 4.56. The van der Waals surface area contributed by atoms with Crippen molar-refractivity contribution >= 4 is 0 Å². The summed E-state index contributed by atoms with van der Waals surface area (Å²) in [6.07, 6.45) is 1.09. The molecule has 7 heteroatoms. The van der Waals surface area contributed by atoms with E-state index in [1.54, 1.807) is 0 Å². The van der Waals surface area contributed by atoms with Crippen LogP contribution in [0.4, 0.5) is 22.0 Å². The summed E-state index contributed by atoms with van der Waals surface area (Å²) in [5.74, 6) is -11.3. The second kappa shape index (κ2) is 7.42. The first kappa shape index (κ1) is 16.7. The minimum absolute atomic E-state index is 0.127. The summed E-state index contributed by atoms with van der Waals surface area (Å²) in [5.41, 5.74) is 0. The fourth-order valence-corrected chi connectivity index (χ4v) is 1.50. The zero-order valence-electron chi connectivity index (χ0n) is 11.2. The van der Waals surface area contributed by atoms with E-state index in [0.717, 1.165) is 0 Å². The van der Waals surface area contributed by atoms with Crippen LogP contribution in [0.2, 0.25) is 0 Å². The smallest absolute Gasteiger partial charge is 0.206 e. The maximum atomic E-state index is 13.2. The molecule has 1 aromatic rings. The van der Waals surface area contributed by atoms with E-state index >= 15 is 0 Å². The fraction of sp³-hybridized carbons (Fsp3) is 0.538. The Labute approximate surface area is 113 Å². The van der Waals surface area contributed by atoms with E-state index in [4.69, 9.17) is 0 Å². The Morgan fingerprint density at radius 3 is 1.85 bits per heavy atom. The van der Waals surface area contributed by atoms with Gasteiger partial charge < -0.3 is 10.1 Å². The van der Waals surface area contributed by atoms with Gasteiger partial charge in [-0.1, -0.05) is 13.8 Å². The molecule has 1 aromatic carbocycles. The number of rotatable bonds is 7. The van der Waals surface area contributed by atoms with Crippen molar-refractivity contribution in [3.8, 4) is 5.75 Å². The van der Waals surface area contributed by atoms with Crippen LogP contribution in [0.3, 0.4) is 0 Å². The van der Waals surface area contributed by atoms with Crippen molar-refractivity contribution in [2.45, 2.75) is 32.7 Å². The maximum Gasteiger partial charge on any atom is 0.206 e. The highest BCUT2D eigenvalue weighted by Crippen LogP contribution is 2.29. The minimum Gasteiger partial charge on any atom is -0.487 e. The van der Waals surface area contributed by atoms with Crippen LogP contribution in [0.25, 0.3) is 0 Å². The monoisotopic (exact) mass is 297 g/mol. The molecule has 2 nitrogen and oxygen atoms in total. The Morgan fingerprint density at radius 1 is 0.850 bits per heavy atom. The van der Waals surface area contributed by atoms with Crippen LogP contribution in [-0.4, -0.2) is 19.2 Å². The number of hydrogen-bond donors (Lipinski definition) is 1. The summed E-state index contributed by atoms with van der Waals surface area (Å²) >= 11 is 0. The molecule has 0 fully saturated rings. The van der Waals surface area contributed by atoms with Crippen LogP contribution in [0, 0.1) is 29.1 Å². The first-order valence-corrected chi connectivity index (χ1v) is 6.23. The highest BCUT2D eigenvalue weighted by Gasteiger charge is 2.26. The number of unbranched alkanes of at least 4 members (excludes halogenated alkanes) is 1. The molecule has 1 N–H and O–H groups in total. The van der Waals surface area contributed by atoms with Crippen LogP contribution >= 0.6 is 0 Å². The lowest BCUT2D eigenvalue weighted by Gasteiger charge is -2.11. The van der Waals surface area contributed by atoms with E-state index in [0.29, 0.717) is 25.4 Å². The van der Waals surface area contributed by atoms with Gasteiger partial charge in [-0.25, -0.2) is 13.2 Å². The highest BCUT2D eigenvalue weighted by atomic mass is 19.2. The second-order valence-electron chi connectivity index (χ2n) is 4.56. The van der Waals surface area contributed by atoms with Gasteiger partial charge in [-0.3, -0.25) is 0 Å². The Morgan fingerprint density at radius 2 is 1.35 bits per heavy atom. The number of benzene rings is 1. The molecule has 0 saturated heterocycles. The van der Waals surface area contributed by atoms with Crippen molar-refractivity contribution in [2.75, 3.05) is 13.2 Å². The SMILES string of the molecule is CC(C)NCCCCOc1c(F)c(F)c(F)c(F)c1F. The van der Waals surface area contributed by atoms with Crippen LogP contribution < -0.4 is 10.1 Å². The molecule has 0 aliphatic rings. The molecule has 0 bridgehead atoms. The van der Waals surface area contributed by atoms with Gasteiger partial charge in [0.05, 0.1) is 6.61 Å². The predicted octanol–water partition coefficient (Wildman–Crippen LogP) is 3.54. The maximum absolute atomic E-state index is 13.2. The molecule has 1 rings (SSSR count). The van der Waals surface area contributed by atoms with Gasteiger partial charge in [-0.05, 0) is 19.4 Å². The molecule has 0 heterocycles. The molecule has 20 heavy (non-hydrogen) atoms. The fourth-order valence-electron chi connectivity index (χ4n) is 1.50. The lowest BCUT2D eigenvalue weighted by Crippen LogP contribution is -2.23. The quantitative estimate of drug-likeness (QED) is 0.360. The standard InChI is InChI=1S/C13H16F5NO/c1-7(2)19-5-3-4-6-20-13-11(17)9(15)8(14)10(16)12(13)18/h7,19H,3-6H2,1-2H3. The molecule has 0 amide bonds. The third-order valence-electron chi connectivity index (χ3n) is 2.54. The molecule has 0 saturated carbocycles. The lowest BCUT2D eigenvalue weighted by atomic mass is 10.2. The van der Waals surface area contributed by atoms with Crippen LogP contribution in [0.15, 0.2) is 0 Å². The highest BCUT2D eigenvalue weighted by molar-refractivity contribution is 5.29. The van der Waals surface area contributed by atoms with Crippen molar-refractivity contribution in [1.82, 2.24) is 5.32 Å². The molecule has 0 unspecified atom stereocenters. The molecule has 0 spiro atoms. The van der Waals surface area contributed by atoms with Crippen LogP contribution in [0.1, 0.15) is 26.7 Å². The van der Waals surface area contributed by atoms with E-state index in [-0.39, 0.29) is 6.61 Å². The summed E-state index contributed by atoms with van der Waals surface area (Å²) in [4.78, 5) is 0. The van der Waals surface area contributed by atoms with Gasteiger partial charge in [-0.15, -0.1) is 0 Å². The molecular weight excluding hydrogens is 281 g/mol. The van der Waals surface area contributed by atoms with E-state index in [1.807, 2.05) is 13.8 Å². The molecule has 0 atom stereocenters. The molecule has 0 aliphatic carbocycles. The van der Waals surface area contributed by atoms with E-state index < -0.39 is 34.8 Å². The van der Waals surface area contributed by atoms with E-state index in [2.05, 4.69) is 10.1 Å². The zero-order valence-corrected chi connectivity index (χ0v) is 11.2. The molecular formula is C13H16F5NO. The Balaban J connectivity index is 2.57. The van der Waals surface area contributed by atoms with Crippen molar-refractivity contribution in [3.63, 3.8) is 0 Å². The topological polar surface area (TPSA) is 21.3 Å². The number of halogens is 5. The third-order valence-corrected chi connectivity index (χ3v) is 2.54. The summed E-state index contributed by atoms with van der Waals surface area (Å²) in [5, 5.41) is 3.12. The summed E-state index contributed by atoms with van der Waals surface area (Å²) in [7, 11) is 0. The molecule has 114 valence electrons. The normalized spacial score (nSPS) is 11.2. The Hall–Kier alpha value is -1.37. The summed E-state index contributed by atoms with van der Waals surface area (Å²) in [6, 6.07) is 0.311. The largest absolute Gasteiger partial charge is 0.487 e. The number of nitrogens with one attached hydrogen (secondary N) is 1. The van der Waals surface area contributed by atoms with Gasteiger partial charge in [0.2, 0.25) is 29.1 Å². The van der Waals surface area contributed by atoms with Gasteiger partial charge in [-0.2, -0.15) is 8.78 Å². The number of ether oxygens (including phenoxy) is 1. The van der Waals surface area contributed by atoms with Gasteiger partial charge in [0.15, 0.2) is 5.75 Å². The van der Waals surface area contributed by atoms with Crippen LogP contribution in [0.5, 0.6) is 5.75 Å². The first-order chi connectivity index (χ1) is 9.36. The molecule has 0 radical (unpaired) electrons. The van der Waals surface area contributed by atoms with Gasteiger partial charge in [0.1, 0.15) is 0 Å². The number of hydrogen-bond acceptors (Lipinski definition) is 2. The van der Waals surface area contributed by atoms with Crippen molar-refractivity contribution < 1.29 is 26.7 Å². The van der Waals surface area contributed by atoms with Gasteiger partial charge >= 0.3 is 0 Å². The van der Waals surface area contributed by atoms with E-state index in [1.165, 1.54) is 0 Å².